The average Bonchev–Trinajstić information content (AvgIpc) is 3.57. The third kappa shape index (κ3) is 7.95. The summed E-state index contributed by atoms with van der Waals surface area (Å²) in [6.45, 7) is 12.1. The summed E-state index contributed by atoms with van der Waals surface area (Å²) in [5, 5.41) is 5.53. The number of H-pyrrole nitrogens is 1. The number of rotatable bonds is 10. The van der Waals surface area contributed by atoms with Crippen molar-refractivity contribution in [3.05, 3.63) is 135 Å². The zero-order chi connectivity index (χ0) is 37.8. The number of benzene rings is 3. The highest BCUT2D eigenvalue weighted by Gasteiger charge is 2.31. The Morgan fingerprint density at radius 3 is 2.35 bits per heavy atom. The van der Waals surface area contributed by atoms with E-state index in [-0.39, 0.29) is 11.9 Å². The Balaban J connectivity index is 1.32. The van der Waals surface area contributed by atoms with Gasteiger partial charge in [-0.25, -0.2) is 4.98 Å². The van der Waals surface area contributed by atoms with Crippen molar-refractivity contribution in [3.8, 4) is 0 Å². The molecular formula is C45H50Cl2N6O. The van der Waals surface area contributed by atoms with Crippen LogP contribution in [-0.4, -0.2) is 57.9 Å². The smallest absolute Gasteiger partial charge is 0.272 e. The molecule has 1 saturated heterocycles. The van der Waals surface area contributed by atoms with Crippen LogP contribution in [-0.2, 0) is 0 Å². The molecule has 2 aliphatic rings. The second-order valence-electron chi connectivity index (χ2n) is 14.6. The van der Waals surface area contributed by atoms with Crippen LogP contribution < -0.4 is 10.2 Å². The molecular weight excluding hydrogens is 711 g/mol. The van der Waals surface area contributed by atoms with E-state index in [2.05, 4.69) is 69.3 Å². The standard InChI is InChI=1S/C45H50Cl2N6O/c1-5-24-53(32(4)34-16-18-35(46)19-17-34)43(31(3)33-12-8-6-9-13-33)40-38-21-20-36(47)29-39(38)49-42(40)45(54)50-41-30(2)22-23-48-44(41)52-27-25-51(26-28-52)37-14-10-7-11-15-37/h5-6,8-9,12-13,16-24,29,32,37,49H,7,10-11,14-15,25-28H2,1-4H3,(H,50,54)/b24-5?,43-31+. The topological polar surface area (TPSA) is 67.5 Å². The number of allylic oxidation sites excluding steroid dienone is 2. The van der Waals surface area contributed by atoms with Gasteiger partial charge in [-0.1, -0.05) is 97.1 Å². The molecule has 7 rings (SSSR count). The molecule has 1 aliphatic carbocycles. The molecule has 5 aromatic rings. The Morgan fingerprint density at radius 1 is 0.944 bits per heavy atom. The fourth-order valence-corrected chi connectivity index (χ4v) is 8.54. The van der Waals surface area contributed by atoms with Gasteiger partial charge in [0.2, 0.25) is 0 Å². The van der Waals surface area contributed by atoms with Gasteiger partial charge in [-0.15, -0.1) is 0 Å². The molecule has 1 atom stereocenters. The monoisotopic (exact) mass is 760 g/mol. The molecule has 1 aliphatic heterocycles. The number of carbonyl (C=O) groups excluding carboxylic acids is 1. The minimum atomic E-state index is -0.242. The molecule has 7 nitrogen and oxygen atoms in total. The lowest BCUT2D eigenvalue weighted by Gasteiger charge is -2.41. The summed E-state index contributed by atoms with van der Waals surface area (Å²) in [7, 11) is 0. The summed E-state index contributed by atoms with van der Waals surface area (Å²) < 4.78 is 0. The maximum atomic E-state index is 15.0. The Kier molecular flexibility index (Phi) is 11.8. The van der Waals surface area contributed by atoms with Gasteiger partial charge in [0.1, 0.15) is 5.69 Å². The molecule has 0 bridgehead atoms. The summed E-state index contributed by atoms with van der Waals surface area (Å²) >= 11 is 12.9. The van der Waals surface area contributed by atoms with Crippen LogP contribution in [0.15, 0.2) is 97.3 Å². The first-order valence-corrected chi connectivity index (χ1v) is 20.0. The molecule has 9 heteroatoms. The second-order valence-corrected chi connectivity index (χ2v) is 15.5. The molecule has 2 fully saturated rings. The molecule has 1 unspecified atom stereocenters. The van der Waals surface area contributed by atoms with Crippen LogP contribution in [0.4, 0.5) is 11.5 Å². The highest BCUT2D eigenvalue weighted by molar-refractivity contribution is 6.31. The first-order chi connectivity index (χ1) is 26.2. The number of fused-ring (bicyclic) bond motifs is 1. The normalized spacial score (nSPS) is 16.8. The summed E-state index contributed by atoms with van der Waals surface area (Å²) in [4.78, 5) is 30.6. The number of anilines is 2. The summed E-state index contributed by atoms with van der Waals surface area (Å²) in [6.07, 6.45) is 12.6. The van der Waals surface area contributed by atoms with E-state index < -0.39 is 0 Å². The highest BCUT2D eigenvalue weighted by atomic mass is 35.5. The lowest BCUT2D eigenvalue weighted by atomic mass is 9.94. The van der Waals surface area contributed by atoms with Gasteiger partial charge < -0.3 is 20.1 Å². The number of aromatic nitrogens is 2. The van der Waals surface area contributed by atoms with Crippen LogP contribution in [0.25, 0.3) is 22.2 Å². The van der Waals surface area contributed by atoms with Crippen molar-refractivity contribution in [2.45, 2.75) is 71.9 Å². The molecule has 1 amide bonds. The molecule has 3 aromatic carbocycles. The maximum Gasteiger partial charge on any atom is 0.272 e. The number of hydrogen-bond donors (Lipinski definition) is 2. The van der Waals surface area contributed by atoms with Crippen LogP contribution in [0.2, 0.25) is 10.0 Å². The third-order valence-corrected chi connectivity index (χ3v) is 11.7. The minimum Gasteiger partial charge on any atom is -0.352 e. The van der Waals surface area contributed by atoms with Gasteiger partial charge in [0, 0.05) is 71.1 Å². The van der Waals surface area contributed by atoms with Crippen molar-refractivity contribution < 1.29 is 4.79 Å². The van der Waals surface area contributed by atoms with Crippen molar-refractivity contribution in [2.24, 2.45) is 0 Å². The van der Waals surface area contributed by atoms with Gasteiger partial charge in [-0.2, -0.15) is 0 Å². The Labute approximate surface area is 329 Å². The first-order valence-electron chi connectivity index (χ1n) is 19.2. The number of aryl methyl sites for hydroxylation is 1. The number of nitrogens with one attached hydrogen (secondary N) is 2. The molecule has 280 valence electrons. The molecule has 0 radical (unpaired) electrons. The lowest BCUT2D eigenvalue weighted by molar-refractivity contribution is 0.102. The van der Waals surface area contributed by atoms with Gasteiger partial charge in [-0.05, 0) is 93.1 Å². The fourth-order valence-electron chi connectivity index (χ4n) is 8.24. The number of amides is 1. The first kappa shape index (κ1) is 37.7. The average molecular weight is 762 g/mol. The molecule has 0 spiro atoms. The van der Waals surface area contributed by atoms with Crippen molar-refractivity contribution in [1.82, 2.24) is 19.8 Å². The number of halogens is 2. The number of hydrogen-bond acceptors (Lipinski definition) is 5. The van der Waals surface area contributed by atoms with E-state index in [0.717, 1.165) is 82.1 Å². The highest BCUT2D eigenvalue weighted by Crippen LogP contribution is 2.42. The molecule has 2 aromatic heterocycles. The fraction of sp³-hybridized carbons (Fsp3) is 0.333. The van der Waals surface area contributed by atoms with E-state index in [1.165, 1.54) is 32.1 Å². The zero-order valence-corrected chi connectivity index (χ0v) is 33.2. The number of carbonyl (C=O) groups is 1. The van der Waals surface area contributed by atoms with Crippen LogP contribution in [0.5, 0.6) is 0 Å². The van der Waals surface area contributed by atoms with E-state index in [1.54, 1.807) is 0 Å². The predicted octanol–water partition coefficient (Wildman–Crippen LogP) is 11.4. The quantitative estimate of drug-likeness (QED) is 0.148. The lowest BCUT2D eigenvalue weighted by Crippen LogP contribution is -2.51. The van der Waals surface area contributed by atoms with E-state index in [0.29, 0.717) is 21.8 Å². The number of nitrogens with zero attached hydrogens (tertiary/aromatic N) is 4. The van der Waals surface area contributed by atoms with Crippen molar-refractivity contribution in [1.29, 1.82) is 0 Å². The van der Waals surface area contributed by atoms with Gasteiger partial charge in [0.15, 0.2) is 5.82 Å². The van der Waals surface area contributed by atoms with Crippen molar-refractivity contribution in [2.75, 3.05) is 36.4 Å². The van der Waals surface area contributed by atoms with E-state index in [4.69, 9.17) is 28.2 Å². The van der Waals surface area contributed by atoms with E-state index >= 15 is 0 Å². The molecule has 3 heterocycles. The van der Waals surface area contributed by atoms with Crippen molar-refractivity contribution >= 4 is 62.8 Å². The largest absolute Gasteiger partial charge is 0.352 e. The summed E-state index contributed by atoms with van der Waals surface area (Å²) in [6, 6.07) is 26.6. The van der Waals surface area contributed by atoms with Gasteiger partial charge in [0.25, 0.3) is 5.91 Å². The second kappa shape index (κ2) is 16.8. The van der Waals surface area contributed by atoms with Gasteiger partial charge in [0.05, 0.1) is 17.4 Å². The van der Waals surface area contributed by atoms with Gasteiger partial charge in [-0.3, -0.25) is 9.69 Å². The zero-order valence-electron chi connectivity index (χ0n) is 31.7. The summed E-state index contributed by atoms with van der Waals surface area (Å²) in [5.41, 5.74) is 7.80. The van der Waals surface area contributed by atoms with E-state index in [9.17, 15) is 4.79 Å². The van der Waals surface area contributed by atoms with Gasteiger partial charge >= 0.3 is 0 Å². The molecule has 54 heavy (non-hydrogen) atoms. The maximum absolute atomic E-state index is 15.0. The number of piperazine rings is 1. The number of aromatic amines is 1. The Morgan fingerprint density at radius 2 is 1.65 bits per heavy atom. The van der Waals surface area contributed by atoms with Crippen LogP contribution >= 0.6 is 23.2 Å². The van der Waals surface area contributed by atoms with Crippen LogP contribution in [0.1, 0.15) is 91.7 Å². The van der Waals surface area contributed by atoms with E-state index in [1.807, 2.05) is 80.7 Å². The number of pyridine rings is 1. The van der Waals surface area contributed by atoms with Crippen LogP contribution in [0.3, 0.4) is 0 Å². The molecule has 1 saturated carbocycles. The third-order valence-electron chi connectivity index (χ3n) is 11.2. The molecule has 2 N–H and O–H groups in total. The van der Waals surface area contributed by atoms with Crippen molar-refractivity contribution in [3.63, 3.8) is 0 Å². The van der Waals surface area contributed by atoms with Crippen LogP contribution in [0, 0.1) is 6.92 Å². The summed E-state index contributed by atoms with van der Waals surface area (Å²) in [5.74, 6) is 0.573. The minimum absolute atomic E-state index is 0.111. The Hall–Kier alpha value is -4.56. The predicted molar refractivity (Wildman–Crippen MR) is 226 cm³/mol. The SMILES string of the molecule is CC=CN(/C(=C(\C)c1ccccc1)c1c(C(=O)Nc2c(C)ccnc2N2CCN(C3CCCCC3)CC2)[nH]c2cc(Cl)ccc12)C(C)c1ccc(Cl)cc1. The Bertz CT molecular complexity index is 2140.